The van der Waals surface area contributed by atoms with Gasteiger partial charge in [-0.1, -0.05) is 54.1 Å². The average molecular weight is 528 g/mol. The summed E-state index contributed by atoms with van der Waals surface area (Å²) in [7, 11) is 0. The van der Waals surface area contributed by atoms with E-state index in [4.69, 9.17) is 16.3 Å². The predicted molar refractivity (Wildman–Crippen MR) is 137 cm³/mol. The van der Waals surface area contributed by atoms with Gasteiger partial charge in [0.05, 0.1) is 22.4 Å². The minimum Gasteiger partial charge on any atom is -0.491 e. The van der Waals surface area contributed by atoms with Crippen molar-refractivity contribution in [1.82, 2.24) is 15.1 Å². The van der Waals surface area contributed by atoms with Gasteiger partial charge in [0.15, 0.2) is 5.69 Å². The van der Waals surface area contributed by atoms with E-state index in [1.54, 1.807) is 48.5 Å². The Morgan fingerprint density at radius 1 is 1.03 bits per heavy atom. The highest BCUT2D eigenvalue weighted by atomic mass is 35.5. The van der Waals surface area contributed by atoms with Crippen LogP contribution in [0.5, 0.6) is 5.75 Å². The second-order valence-corrected chi connectivity index (χ2v) is 9.17. The fourth-order valence-corrected chi connectivity index (χ4v) is 4.12. The molecule has 1 atom stereocenters. The molecule has 0 bridgehead atoms. The Balaban J connectivity index is 1.51. The van der Waals surface area contributed by atoms with Gasteiger partial charge < -0.3 is 10.1 Å². The van der Waals surface area contributed by atoms with E-state index in [2.05, 4.69) is 10.4 Å². The Kier molecular flexibility index (Phi) is 7.59. The van der Waals surface area contributed by atoms with E-state index in [-0.39, 0.29) is 29.3 Å². The van der Waals surface area contributed by atoms with Crippen LogP contribution in [0, 0.1) is 13.8 Å². The van der Waals surface area contributed by atoms with Crippen molar-refractivity contribution in [2.24, 2.45) is 0 Å². The summed E-state index contributed by atoms with van der Waals surface area (Å²) in [6, 6.07) is 19.4. The lowest BCUT2D eigenvalue weighted by molar-refractivity contribution is -0.141. The van der Waals surface area contributed by atoms with Crippen molar-refractivity contribution >= 4 is 17.5 Å². The van der Waals surface area contributed by atoms with Crippen LogP contribution < -0.4 is 10.1 Å². The molecule has 1 aromatic heterocycles. The minimum atomic E-state index is -4.63. The van der Waals surface area contributed by atoms with Crippen LogP contribution in [0.25, 0.3) is 16.9 Å². The number of aryl methyl sites for hydroxylation is 2. The predicted octanol–water partition coefficient (Wildman–Crippen LogP) is 7.03. The monoisotopic (exact) mass is 527 g/mol. The first-order valence-corrected chi connectivity index (χ1v) is 11.9. The summed E-state index contributed by atoms with van der Waals surface area (Å²) in [6.45, 7) is 6.04. The van der Waals surface area contributed by atoms with E-state index in [0.29, 0.717) is 16.8 Å². The molecule has 1 heterocycles. The second-order valence-electron chi connectivity index (χ2n) is 8.76. The van der Waals surface area contributed by atoms with Gasteiger partial charge in [-0.25, -0.2) is 4.68 Å². The minimum absolute atomic E-state index is 0.197. The summed E-state index contributed by atoms with van der Waals surface area (Å²) < 4.78 is 47.4. The maximum atomic E-state index is 13.4. The fraction of sp³-hybridized carbons (Fsp3) is 0.214. The molecule has 1 N–H and O–H groups in total. The SMILES string of the molecule is Cc1cccc(C)c1OCC(C)NC(=O)c1ccc(-c2cc(C(F)(F)F)nn2-c2ccccc2Cl)cc1. The number of alkyl halides is 3. The molecule has 0 aliphatic carbocycles. The first kappa shape index (κ1) is 26.3. The molecule has 0 saturated carbocycles. The van der Waals surface area contributed by atoms with Gasteiger partial charge in [0, 0.05) is 11.1 Å². The highest BCUT2D eigenvalue weighted by Gasteiger charge is 2.35. The lowest BCUT2D eigenvalue weighted by Crippen LogP contribution is -2.36. The quantitative estimate of drug-likeness (QED) is 0.281. The molecular weight excluding hydrogens is 503 g/mol. The van der Waals surface area contributed by atoms with Gasteiger partial charge in [-0.05, 0) is 62.2 Å². The highest BCUT2D eigenvalue weighted by molar-refractivity contribution is 6.32. The van der Waals surface area contributed by atoms with Crippen LogP contribution in [-0.4, -0.2) is 28.3 Å². The Labute approximate surface area is 217 Å². The first-order valence-electron chi connectivity index (χ1n) is 11.6. The van der Waals surface area contributed by atoms with E-state index >= 15 is 0 Å². The van der Waals surface area contributed by atoms with Crippen LogP contribution in [0.1, 0.15) is 34.1 Å². The van der Waals surface area contributed by atoms with Crippen LogP contribution in [0.3, 0.4) is 0 Å². The normalized spacial score (nSPS) is 12.3. The van der Waals surface area contributed by atoms with E-state index in [1.807, 2.05) is 39.0 Å². The molecular formula is C28H25ClF3N3O2. The van der Waals surface area contributed by atoms with Crippen molar-refractivity contribution in [2.75, 3.05) is 6.61 Å². The van der Waals surface area contributed by atoms with Gasteiger partial charge in [0.25, 0.3) is 5.91 Å². The molecule has 4 rings (SSSR count). The number of benzene rings is 3. The second kappa shape index (κ2) is 10.7. The van der Waals surface area contributed by atoms with Crippen LogP contribution in [0.2, 0.25) is 5.02 Å². The topological polar surface area (TPSA) is 56.1 Å². The first-order chi connectivity index (χ1) is 17.5. The molecule has 0 fully saturated rings. The number of carbonyl (C=O) groups is 1. The number of aromatic nitrogens is 2. The number of nitrogens with one attached hydrogen (secondary N) is 1. The summed E-state index contributed by atoms with van der Waals surface area (Å²) in [4.78, 5) is 12.8. The highest BCUT2D eigenvalue weighted by Crippen LogP contribution is 2.34. The molecule has 37 heavy (non-hydrogen) atoms. The zero-order valence-electron chi connectivity index (χ0n) is 20.4. The molecule has 9 heteroatoms. The van der Waals surface area contributed by atoms with Crippen LogP contribution in [0.4, 0.5) is 13.2 Å². The lowest BCUT2D eigenvalue weighted by Gasteiger charge is -2.17. The molecule has 5 nitrogen and oxygen atoms in total. The number of nitrogens with zero attached hydrogens (tertiary/aromatic N) is 2. The number of halogens is 4. The van der Waals surface area contributed by atoms with Crippen molar-refractivity contribution in [3.63, 3.8) is 0 Å². The Hall–Kier alpha value is -3.78. The third kappa shape index (κ3) is 5.97. The zero-order valence-corrected chi connectivity index (χ0v) is 21.2. The number of para-hydroxylation sites is 2. The van der Waals surface area contributed by atoms with E-state index < -0.39 is 11.9 Å². The number of hydrogen-bond acceptors (Lipinski definition) is 3. The van der Waals surface area contributed by atoms with E-state index in [0.717, 1.165) is 27.6 Å². The van der Waals surface area contributed by atoms with Gasteiger partial charge in [-0.2, -0.15) is 18.3 Å². The van der Waals surface area contributed by atoms with Crippen molar-refractivity contribution < 1.29 is 22.7 Å². The standard InChI is InChI=1S/C28H25ClF3N3O2/c1-17-7-6-8-18(2)26(17)37-16-19(3)33-27(36)21-13-11-20(12-14-21)24-15-25(28(30,31)32)34-35(24)23-10-5-4-9-22(23)29/h4-15,19H,16H2,1-3H3,(H,33,36). The maximum Gasteiger partial charge on any atom is 0.435 e. The molecule has 0 aliphatic heterocycles. The van der Waals surface area contributed by atoms with E-state index in [9.17, 15) is 18.0 Å². The summed E-state index contributed by atoms with van der Waals surface area (Å²) in [5.74, 6) is 0.473. The maximum absolute atomic E-state index is 13.4. The number of ether oxygens (including phenoxy) is 1. The summed E-state index contributed by atoms with van der Waals surface area (Å²) in [5, 5.41) is 6.90. The van der Waals surface area contributed by atoms with Gasteiger partial charge in [0.2, 0.25) is 0 Å². The van der Waals surface area contributed by atoms with Gasteiger partial charge in [0.1, 0.15) is 12.4 Å². The molecule has 3 aromatic carbocycles. The van der Waals surface area contributed by atoms with Crippen molar-refractivity contribution in [3.05, 3.63) is 100 Å². The molecule has 0 saturated heterocycles. The van der Waals surface area contributed by atoms with Crippen molar-refractivity contribution in [3.8, 4) is 22.7 Å². The molecule has 0 aliphatic rings. The Morgan fingerprint density at radius 2 is 1.68 bits per heavy atom. The van der Waals surface area contributed by atoms with Crippen molar-refractivity contribution in [1.29, 1.82) is 0 Å². The van der Waals surface area contributed by atoms with Gasteiger partial charge >= 0.3 is 6.18 Å². The number of amides is 1. The number of hydrogen-bond donors (Lipinski definition) is 1. The summed E-state index contributed by atoms with van der Waals surface area (Å²) in [5.41, 5.74) is 2.31. The smallest absolute Gasteiger partial charge is 0.435 e. The Morgan fingerprint density at radius 3 is 2.30 bits per heavy atom. The van der Waals surface area contributed by atoms with Gasteiger partial charge in [-0.15, -0.1) is 0 Å². The lowest BCUT2D eigenvalue weighted by atomic mass is 10.1. The molecule has 0 spiro atoms. The Bertz CT molecular complexity index is 1390. The molecule has 1 amide bonds. The molecule has 4 aromatic rings. The largest absolute Gasteiger partial charge is 0.491 e. The average Bonchev–Trinajstić information content (AvgIpc) is 3.30. The fourth-order valence-electron chi connectivity index (χ4n) is 3.91. The third-order valence-electron chi connectivity index (χ3n) is 5.79. The van der Waals surface area contributed by atoms with E-state index in [1.165, 1.54) is 0 Å². The molecule has 192 valence electrons. The van der Waals surface area contributed by atoms with Gasteiger partial charge in [-0.3, -0.25) is 4.79 Å². The van der Waals surface area contributed by atoms with Crippen LogP contribution >= 0.6 is 11.6 Å². The zero-order chi connectivity index (χ0) is 26.7. The summed E-state index contributed by atoms with van der Waals surface area (Å²) in [6.07, 6.45) is -4.63. The van der Waals surface area contributed by atoms with Crippen LogP contribution in [-0.2, 0) is 6.18 Å². The summed E-state index contributed by atoms with van der Waals surface area (Å²) >= 11 is 6.23. The molecule has 1 unspecified atom stereocenters. The molecule has 0 radical (unpaired) electrons. The number of carbonyl (C=O) groups excluding carboxylic acids is 1. The van der Waals surface area contributed by atoms with Crippen LogP contribution in [0.15, 0.2) is 72.8 Å². The van der Waals surface area contributed by atoms with Crippen molar-refractivity contribution in [2.45, 2.75) is 33.0 Å². The number of rotatable bonds is 7. The third-order valence-corrected chi connectivity index (χ3v) is 6.11.